The van der Waals surface area contributed by atoms with Crippen LogP contribution in [0, 0.1) is 11.3 Å². The average Bonchev–Trinajstić information content (AvgIpc) is 2.56. The van der Waals surface area contributed by atoms with Crippen molar-refractivity contribution < 1.29 is 0 Å². The molecule has 112 valence electrons. The number of allylic oxidation sites excluding steroid dienone is 1. The van der Waals surface area contributed by atoms with Gasteiger partial charge in [-0.15, -0.1) is 0 Å². The van der Waals surface area contributed by atoms with E-state index >= 15 is 0 Å². The molecule has 5 nitrogen and oxygen atoms in total. The Morgan fingerprint density at radius 1 is 1.09 bits per heavy atom. The van der Waals surface area contributed by atoms with Crippen molar-refractivity contribution in [1.82, 2.24) is 5.43 Å². The third kappa shape index (κ3) is 3.19. The van der Waals surface area contributed by atoms with Gasteiger partial charge in [0.2, 0.25) is 0 Å². The molecule has 0 fully saturated rings. The summed E-state index contributed by atoms with van der Waals surface area (Å²) in [5.41, 5.74) is 12.8. The molecule has 0 aliphatic carbocycles. The van der Waals surface area contributed by atoms with Gasteiger partial charge < -0.3 is 16.1 Å². The smallest absolute Gasteiger partial charge is 0.151 e. The standard InChI is InChI=1S/C17H19N5/c1-22(2)15-8-4-6-13(10-15)12-5-3-7-14(9-12)17(19)16(11-18)21-20/h3-10,21H,19-20H2,1-2H3/b17-16-. The van der Waals surface area contributed by atoms with Crippen molar-refractivity contribution in [3.63, 3.8) is 0 Å². The molecule has 0 amide bonds. The molecular weight excluding hydrogens is 274 g/mol. The second kappa shape index (κ2) is 6.66. The Labute approximate surface area is 130 Å². The van der Waals surface area contributed by atoms with Gasteiger partial charge in [0.25, 0.3) is 0 Å². The average molecular weight is 293 g/mol. The highest BCUT2D eigenvalue weighted by Crippen LogP contribution is 2.26. The van der Waals surface area contributed by atoms with Crippen LogP contribution in [0.5, 0.6) is 0 Å². The topological polar surface area (TPSA) is 91.1 Å². The first kappa shape index (κ1) is 15.4. The molecule has 0 saturated carbocycles. The van der Waals surface area contributed by atoms with Gasteiger partial charge in [0.1, 0.15) is 6.07 Å². The van der Waals surface area contributed by atoms with E-state index in [1.165, 1.54) is 0 Å². The van der Waals surface area contributed by atoms with Gasteiger partial charge in [-0.2, -0.15) is 5.26 Å². The Bertz CT molecular complexity index is 741. The molecule has 0 unspecified atom stereocenters. The molecule has 2 aromatic carbocycles. The van der Waals surface area contributed by atoms with Crippen LogP contribution in [-0.2, 0) is 0 Å². The van der Waals surface area contributed by atoms with E-state index in [0.29, 0.717) is 5.70 Å². The van der Waals surface area contributed by atoms with E-state index in [0.717, 1.165) is 22.4 Å². The van der Waals surface area contributed by atoms with Crippen molar-refractivity contribution in [3.8, 4) is 17.2 Å². The quantitative estimate of drug-likeness (QED) is 0.456. The summed E-state index contributed by atoms with van der Waals surface area (Å²) in [4.78, 5) is 2.05. The van der Waals surface area contributed by atoms with E-state index in [9.17, 15) is 0 Å². The fourth-order valence-electron chi connectivity index (χ4n) is 2.14. The number of rotatable bonds is 4. The van der Waals surface area contributed by atoms with Crippen LogP contribution in [0.2, 0.25) is 0 Å². The summed E-state index contributed by atoms with van der Waals surface area (Å²) in [6.45, 7) is 0. The molecule has 5 N–H and O–H groups in total. The second-order valence-corrected chi connectivity index (χ2v) is 5.07. The monoisotopic (exact) mass is 293 g/mol. The van der Waals surface area contributed by atoms with Gasteiger partial charge >= 0.3 is 0 Å². The van der Waals surface area contributed by atoms with Crippen LogP contribution in [0.3, 0.4) is 0 Å². The lowest BCUT2D eigenvalue weighted by molar-refractivity contribution is 0.920. The van der Waals surface area contributed by atoms with Crippen molar-refractivity contribution in [3.05, 3.63) is 59.8 Å². The van der Waals surface area contributed by atoms with Crippen molar-refractivity contribution in [1.29, 1.82) is 5.26 Å². The SMILES string of the molecule is CN(C)c1cccc(-c2cccc(/C(N)=C(\C#N)NN)c2)c1. The minimum absolute atomic E-state index is 0.152. The number of nitrogens with one attached hydrogen (secondary N) is 1. The summed E-state index contributed by atoms with van der Waals surface area (Å²) >= 11 is 0. The van der Waals surface area contributed by atoms with Crippen LogP contribution in [0.15, 0.2) is 54.2 Å². The largest absolute Gasteiger partial charge is 0.396 e. The molecule has 0 spiro atoms. The Balaban J connectivity index is 2.48. The first-order chi connectivity index (χ1) is 10.6. The lowest BCUT2D eigenvalue weighted by Gasteiger charge is -2.14. The summed E-state index contributed by atoms with van der Waals surface area (Å²) in [5, 5.41) is 9.01. The van der Waals surface area contributed by atoms with Crippen LogP contribution in [0.4, 0.5) is 5.69 Å². The molecule has 0 radical (unpaired) electrons. The molecule has 5 heteroatoms. The van der Waals surface area contributed by atoms with E-state index in [4.69, 9.17) is 16.8 Å². The van der Waals surface area contributed by atoms with Gasteiger partial charge in [0.15, 0.2) is 5.70 Å². The van der Waals surface area contributed by atoms with Crippen molar-refractivity contribution in [2.75, 3.05) is 19.0 Å². The molecule has 0 heterocycles. The van der Waals surface area contributed by atoms with E-state index in [1.807, 2.05) is 67.5 Å². The Kier molecular flexibility index (Phi) is 4.66. The minimum atomic E-state index is 0.152. The highest BCUT2D eigenvalue weighted by Gasteiger charge is 2.07. The van der Waals surface area contributed by atoms with Crippen molar-refractivity contribution >= 4 is 11.4 Å². The molecule has 2 aromatic rings. The number of nitriles is 1. The predicted molar refractivity (Wildman–Crippen MR) is 90.2 cm³/mol. The van der Waals surface area contributed by atoms with Gasteiger partial charge in [-0.3, -0.25) is 0 Å². The molecule has 0 atom stereocenters. The maximum atomic E-state index is 9.01. The lowest BCUT2D eigenvalue weighted by atomic mass is 10.0. The van der Waals surface area contributed by atoms with Gasteiger partial charge in [0, 0.05) is 25.3 Å². The molecule has 0 aliphatic rings. The van der Waals surface area contributed by atoms with Crippen LogP contribution < -0.4 is 21.9 Å². The predicted octanol–water partition coefficient (Wildman–Crippen LogP) is 2.03. The highest BCUT2D eigenvalue weighted by molar-refractivity contribution is 5.75. The number of benzene rings is 2. The molecule has 0 bridgehead atoms. The first-order valence-electron chi connectivity index (χ1n) is 6.81. The second-order valence-electron chi connectivity index (χ2n) is 5.07. The third-order valence-electron chi connectivity index (χ3n) is 3.39. The van der Waals surface area contributed by atoms with Gasteiger partial charge in [-0.25, -0.2) is 5.84 Å². The summed E-state index contributed by atoms with van der Waals surface area (Å²) in [6.07, 6.45) is 0. The zero-order chi connectivity index (χ0) is 16.1. The van der Waals surface area contributed by atoms with Crippen LogP contribution >= 0.6 is 0 Å². The number of hydrogen-bond donors (Lipinski definition) is 3. The molecule has 0 saturated heterocycles. The minimum Gasteiger partial charge on any atom is -0.396 e. The molecule has 2 rings (SSSR count). The van der Waals surface area contributed by atoms with Gasteiger partial charge in [-0.05, 0) is 29.3 Å². The first-order valence-corrected chi connectivity index (χ1v) is 6.81. The summed E-state index contributed by atoms with van der Waals surface area (Å²) < 4.78 is 0. The number of hydrazine groups is 1. The number of anilines is 1. The third-order valence-corrected chi connectivity index (χ3v) is 3.39. The fourth-order valence-corrected chi connectivity index (χ4v) is 2.14. The molecule has 0 aliphatic heterocycles. The number of hydrogen-bond acceptors (Lipinski definition) is 5. The zero-order valence-corrected chi connectivity index (χ0v) is 12.7. The Morgan fingerprint density at radius 2 is 1.73 bits per heavy atom. The maximum absolute atomic E-state index is 9.01. The Hall–Kier alpha value is -2.97. The van der Waals surface area contributed by atoms with E-state index in [-0.39, 0.29) is 5.70 Å². The van der Waals surface area contributed by atoms with E-state index in [1.54, 1.807) is 0 Å². The van der Waals surface area contributed by atoms with Crippen molar-refractivity contribution in [2.45, 2.75) is 0 Å². The molecule has 22 heavy (non-hydrogen) atoms. The van der Waals surface area contributed by atoms with E-state index in [2.05, 4.69) is 11.5 Å². The fraction of sp³-hybridized carbons (Fsp3) is 0.118. The maximum Gasteiger partial charge on any atom is 0.151 e. The molecular formula is C17H19N5. The van der Waals surface area contributed by atoms with Gasteiger partial charge in [0.05, 0.1) is 5.70 Å². The Morgan fingerprint density at radius 3 is 2.32 bits per heavy atom. The zero-order valence-electron chi connectivity index (χ0n) is 12.7. The summed E-state index contributed by atoms with van der Waals surface area (Å²) in [5.74, 6) is 5.31. The lowest BCUT2D eigenvalue weighted by Crippen LogP contribution is -2.23. The summed E-state index contributed by atoms with van der Waals surface area (Å²) in [6, 6.07) is 17.9. The number of nitrogens with zero attached hydrogens (tertiary/aromatic N) is 2. The number of nitrogens with two attached hydrogens (primary N) is 2. The van der Waals surface area contributed by atoms with Crippen LogP contribution in [0.25, 0.3) is 16.8 Å². The van der Waals surface area contributed by atoms with E-state index < -0.39 is 0 Å². The summed E-state index contributed by atoms with van der Waals surface area (Å²) in [7, 11) is 4.00. The van der Waals surface area contributed by atoms with Gasteiger partial charge in [-0.1, -0.05) is 30.3 Å². The highest BCUT2D eigenvalue weighted by atomic mass is 15.2. The van der Waals surface area contributed by atoms with Crippen LogP contribution in [-0.4, -0.2) is 14.1 Å². The molecule has 0 aromatic heterocycles. The normalized spacial score (nSPS) is 11.4. The van der Waals surface area contributed by atoms with Crippen molar-refractivity contribution in [2.24, 2.45) is 11.6 Å². The van der Waals surface area contributed by atoms with Crippen LogP contribution in [0.1, 0.15) is 5.56 Å².